The molecule has 1 spiro atoms. The van der Waals surface area contributed by atoms with E-state index in [0.717, 1.165) is 19.3 Å². The molecule has 0 aromatic rings. The minimum absolute atomic E-state index is 0.249. The van der Waals surface area contributed by atoms with E-state index in [0.29, 0.717) is 25.7 Å². The monoisotopic (exact) mass is 452 g/mol. The van der Waals surface area contributed by atoms with E-state index in [1.54, 1.807) is 6.08 Å². The van der Waals surface area contributed by atoms with Crippen LogP contribution in [0.5, 0.6) is 0 Å². The minimum atomic E-state index is -0.928. The number of carbonyl (C=O) groups excluding carboxylic acids is 1. The van der Waals surface area contributed by atoms with Crippen LogP contribution in [0.3, 0.4) is 0 Å². The molecule has 0 aromatic heterocycles. The molecule has 184 valence electrons. The summed E-state index contributed by atoms with van der Waals surface area (Å²) in [6.07, 6.45) is 18.0. The number of esters is 1. The number of fused-ring (bicyclic) bond motifs is 1. The highest BCUT2D eigenvalue weighted by Gasteiger charge is 2.53. The average Bonchev–Trinajstić information content (AvgIpc) is 3.07. The average molecular weight is 453 g/mol. The summed E-state index contributed by atoms with van der Waals surface area (Å²) in [5, 5.41) is 20.9. The highest BCUT2D eigenvalue weighted by Crippen LogP contribution is 2.43. The van der Waals surface area contributed by atoms with Crippen LogP contribution in [0.1, 0.15) is 110 Å². The van der Waals surface area contributed by atoms with Crippen LogP contribution in [0.4, 0.5) is 0 Å². The van der Waals surface area contributed by atoms with E-state index in [1.807, 2.05) is 0 Å². The van der Waals surface area contributed by atoms with Gasteiger partial charge in [0.15, 0.2) is 5.79 Å². The lowest BCUT2D eigenvalue weighted by Crippen LogP contribution is -2.47. The summed E-state index contributed by atoms with van der Waals surface area (Å²) in [4.78, 5) is 11.5. The second-order valence-corrected chi connectivity index (χ2v) is 10.1. The predicted octanol–water partition coefficient (Wildman–Crippen LogP) is 4.95. The van der Waals surface area contributed by atoms with Crippen LogP contribution in [0.25, 0.3) is 0 Å². The van der Waals surface area contributed by atoms with E-state index in [4.69, 9.17) is 14.2 Å². The van der Waals surface area contributed by atoms with Gasteiger partial charge in [-0.25, -0.2) is 4.79 Å². The standard InChI is InChI=1S/C26H44O6/c1-2-3-4-5-6-7-8-9-10-11-12-13-20(27)16-22-17-21(28)18-26(31-22)19-24-23(32-26)14-15-25(29)30-24/h14-15,20-24,27-28H,2-13,16-19H2,1H3/t20-,21-,22-,23-,24-,26+/m0/s1. The van der Waals surface area contributed by atoms with Crippen molar-refractivity contribution in [1.29, 1.82) is 0 Å². The highest BCUT2D eigenvalue weighted by atomic mass is 16.7. The van der Waals surface area contributed by atoms with Gasteiger partial charge in [0.05, 0.1) is 18.3 Å². The van der Waals surface area contributed by atoms with E-state index in [-0.39, 0.29) is 24.3 Å². The fraction of sp³-hybridized carbons (Fsp3) is 0.885. The highest BCUT2D eigenvalue weighted by molar-refractivity contribution is 5.83. The Kier molecular flexibility index (Phi) is 10.5. The lowest BCUT2D eigenvalue weighted by atomic mass is 9.92. The van der Waals surface area contributed by atoms with Gasteiger partial charge in [0.1, 0.15) is 12.2 Å². The molecule has 0 aromatic carbocycles. The van der Waals surface area contributed by atoms with Crippen molar-refractivity contribution in [2.75, 3.05) is 0 Å². The zero-order valence-electron chi connectivity index (χ0n) is 19.9. The van der Waals surface area contributed by atoms with Crippen LogP contribution in [0.2, 0.25) is 0 Å². The van der Waals surface area contributed by atoms with Gasteiger partial charge in [-0.3, -0.25) is 0 Å². The fourth-order valence-electron chi connectivity index (χ4n) is 5.39. The molecule has 0 saturated carbocycles. The number of rotatable bonds is 14. The van der Waals surface area contributed by atoms with E-state index < -0.39 is 18.0 Å². The normalized spacial score (nSPS) is 32.8. The quantitative estimate of drug-likeness (QED) is 0.287. The molecule has 2 fully saturated rings. The predicted molar refractivity (Wildman–Crippen MR) is 123 cm³/mol. The first-order chi connectivity index (χ1) is 15.5. The maximum absolute atomic E-state index is 11.5. The molecule has 32 heavy (non-hydrogen) atoms. The van der Waals surface area contributed by atoms with Crippen molar-refractivity contribution in [1.82, 2.24) is 0 Å². The summed E-state index contributed by atoms with van der Waals surface area (Å²) in [7, 11) is 0. The van der Waals surface area contributed by atoms with Gasteiger partial charge in [-0.1, -0.05) is 77.6 Å². The molecule has 3 aliphatic heterocycles. The van der Waals surface area contributed by atoms with Gasteiger partial charge < -0.3 is 24.4 Å². The lowest BCUT2D eigenvalue weighted by Gasteiger charge is -2.40. The molecule has 6 nitrogen and oxygen atoms in total. The summed E-state index contributed by atoms with van der Waals surface area (Å²) in [5.74, 6) is -1.29. The molecule has 0 amide bonds. The maximum atomic E-state index is 11.5. The molecule has 0 unspecified atom stereocenters. The molecular weight excluding hydrogens is 408 g/mol. The molecule has 6 atom stereocenters. The Morgan fingerprint density at radius 3 is 2.34 bits per heavy atom. The third-order valence-electron chi connectivity index (χ3n) is 7.06. The Hall–Kier alpha value is -0.950. The number of carbonyl (C=O) groups is 1. The first-order valence-corrected chi connectivity index (χ1v) is 13.1. The SMILES string of the molecule is CCCCCCCCCCCCC[C@H](O)C[C@H]1C[C@H](O)C[C@@]2(C[C@@H]3OC(=O)C=C[C@@H]3O2)O1. The molecule has 0 radical (unpaired) electrons. The summed E-state index contributed by atoms with van der Waals surface area (Å²) in [6.45, 7) is 2.26. The number of hydrogen-bond donors (Lipinski definition) is 2. The van der Waals surface area contributed by atoms with Gasteiger partial charge in [-0.05, 0) is 25.3 Å². The lowest BCUT2D eigenvalue weighted by molar-refractivity contribution is -0.285. The zero-order chi connectivity index (χ0) is 22.8. The largest absolute Gasteiger partial charge is 0.456 e. The maximum Gasteiger partial charge on any atom is 0.330 e. The zero-order valence-corrected chi connectivity index (χ0v) is 19.9. The van der Waals surface area contributed by atoms with E-state index in [2.05, 4.69) is 6.92 Å². The van der Waals surface area contributed by atoms with Crippen molar-refractivity contribution < 1.29 is 29.2 Å². The van der Waals surface area contributed by atoms with Gasteiger partial charge >= 0.3 is 5.97 Å². The van der Waals surface area contributed by atoms with Crippen LogP contribution in [-0.2, 0) is 19.0 Å². The van der Waals surface area contributed by atoms with Gasteiger partial charge in [0.2, 0.25) is 0 Å². The Morgan fingerprint density at radius 2 is 1.66 bits per heavy atom. The number of hydrogen-bond acceptors (Lipinski definition) is 6. The molecule has 0 aliphatic carbocycles. The van der Waals surface area contributed by atoms with Crippen LogP contribution in [-0.4, -0.2) is 52.5 Å². The number of aliphatic hydroxyl groups is 2. The Bertz CT molecular complexity index is 593. The molecule has 2 N–H and O–H groups in total. The molecule has 0 bridgehead atoms. The fourth-order valence-corrected chi connectivity index (χ4v) is 5.39. The molecule has 2 saturated heterocycles. The summed E-state index contributed by atoms with van der Waals surface area (Å²) in [5.41, 5.74) is 0. The first kappa shape index (κ1) is 25.7. The Balaban J connectivity index is 1.28. The molecule has 3 heterocycles. The van der Waals surface area contributed by atoms with E-state index in [1.165, 1.54) is 63.9 Å². The number of ether oxygens (including phenoxy) is 3. The topological polar surface area (TPSA) is 85.2 Å². The Morgan fingerprint density at radius 1 is 1.00 bits per heavy atom. The second kappa shape index (κ2) is 13.1. The van der Waals surface area contributed by atoms with Crippen LogP contribution >= 0.6 is 0 Å². The van der Waals surface area contributed by atoms with Gasteiger partial charge in [-0.15, -0.1) is 0 Å². The Labute approximate surface area is 193 Å². The number of unbranched alkanes of at least 4 members (excludes halogenated alkanes) is 10. The van der Waals surface area contributed by atoms with Crippen LogP contribution < -0.4 is 0 Å². The van der Waals surface area contributed by atoms with Gasteiger partial charge in [0.25, 0.3) is 0 Å². The first-order valence-electron chi connectivity index (χ1n) is 13.1. The van der Waals surface area contributed by atoms with Gasteiger partial charge in [0, 0.05) is 18.9 Å². The van der Waals surface area contributed by atoms with Crippen molar-refractivity contribution in [3.63, 3.8) is 0 Å². The van der Waals surface area contributed by atoms with E-state index >= 15 is 0 Å². The van der Waals surface area contributed by atoms with Crippen LogP contribution in [0, 0.1) is 0 Å². The van der Waals surface area contributed by atoms with Crippen molar-refractivity contribution in [3.05, 3.63) is 12.2 Å². The van der Waals surface area contributed by atoms with Crippen molar-refractivity contribution in [2.24, 2.45) is 0 Å². The molecule has 3 aliphatic rings. The molecule has 6 heteroatoms. The third-order valence-corrected chi connectivity index (χ3v) is 7.06. The summed E-state index contributed by atoms with van der Waals surface area (Å²) in [6, 6.07) is 0. The number of aliphatic hydroxyl groups excluding tert-OH is 2. The van der Waals surface area contributed by atoms with Crippen molar-refractivity contribution in [2.45, 2.75) is 146 Å². The summed E-state index contributed by atoms with van der Waals surface area (Å²) >= 11 is 0. The molecular formula is C26H44O6. The van der Waals surface area contributed by atoms with E-state index in [9.17, 15) is 15.0 Å². The third kappa shape index (κ3) is 8.12. The smallest absolute Gasteiger partial charge is 0.330 e. The minimum Gasteiger partial charge on any atom is -0.456 e. The van der Waals surface area contributed by atoms with Crippen molar-refractivity contribution in [3.8, 4) is 0 Å². The summed E-state index contributed by atoms with van der Waals surface area (Å²) < 4.78 is 17.7. The molecule has 3 rings (SSSR count). The van der Waals surface area contributed by atoms with Gasteiger partial charge in [-0.2, -0.15) is 0 Å². The van der Waals surface area contributed by atoms with Crippen molar-refractivity contribution >= 4 is 5.97 Å². The second-order valence-electron chi connectivity index (χ2n) is 10.1. The van der Waals surface area contributed by atoms with Crippen LogP contribution in [0.15, 0.2) is 12.2 Å².